The Morgan fingerprint density at radius 1 is 1.40 bits per heavy atom. The van der Waals surface area contributed by atoms with Crippen molar-refractivity contribution in [2.75, 3.05) is 19.6 Å². The fourth-order valence-electron chi connectivity index (χ4n) is 2.13. The molecule has 0 aromatic carbocycles. The molecule has 15 heavy (non-hydrogen) atoms. The summed E-state index contributed by atoms with van der Waals surface area (Å²) in [6.07, 6.45) is 2.91. The second-order valence-electron chi connectivity index (χ2n) is 5.01. The van der Waals surface area contributed by atoms with Crippen LogP contribution in [0.15, 0.2) is 0 Å². The molecule has 1 unspecified atom stereocenters. The topological polar surface area (TPSA) is 40.6 Å². The molecule has 0 aromatic rings. The largest absolute Gasteiger partial charge is 0.341 e. The van der Waals surface area contributed by atoms with Gasteiger partial charge in [0.1, 0.15) is 0 Å². The Labute approximate surface area is 90.2 Å². The molecule has 84 valence electrons. The maximum Gasteiger partial charge on any atom is 0.228 e. The predicted octanol–water partition coefficient (Wildman–Crippen LogP) is 0.476. The van der Waals surface area contributed by atoms with E-state index in [1.165, 1.54) is 0 Å². The summed E-state index contributed by atoms with van der Waals surface area (Å²) in [4.78, 5) is 26.4. The molecule has 1 heterocycles. The number of nitrogens with zero attached hydrogens (tertiary/aromatic N) is 2. The molecule has 4 heteroatoms. The quantitative estimate of drug-likeness (QED) is 0.622. The smallest absolute Gasteiger partial charge is 0.228 e. The molecule has 2 aliphatic rings. The van der Waals surface area contributed by atoms with Gasteiger partial charge in [-0.15, -0.1) is 0 Å². The highest BCUT2D eigenvalue weighted by atomic mass is 16.2. The molecule has 2 rings (SSSR count). The van der Waals surface area contributed by atoms with Crippen LogP contribution in [0.3, 0.4) is 0 Å². The van der Waals surface area contributed by atoms with Gasteiger partial charge in [0.05, 0.1) is 0 Å². The zero-order valence-corrected chi connectivity index (χ0v) is 9.40. The molecule has 1 aliphatic carbocycles. The average Bonchev–Trinajstić information content (AvgIpc) is 2.96. The summed E-state index contributed by atoms with van der Waals surface area (Å²) in [5, 5.41) is 0. The van der Waals surface area contributed by atoms with E-state index < -0.39 is 0 Å². The van der Waals surface area contributed by atoms with Gasteiger partial charge < -0.3 is 9.80 Å². The number of hydrogen-bond donors (Lipinski definition) is 0. The van der Waals surface area contributed by atoms with Crippen molar-refractivity contribution in [2.45, 2.75) is 32.7 Å². The van der Waals surface area contributed by atoms with Gasteiger partial charge in [-0.3, -0.25) is 9.59 Å². The normalized spacial score (nSPS) is 28.8. The van der Waals surface area contributed by atoms with Gasteiger partial charge in [-0.2, -0.15) is 0 Å². The van der Waals surface area contributed by atoms with Crippen LogP contribution in [0, 0.1) is 5.41 Å². The summed E-state index contributed by atoms with van der Waals surface area (Å²) in [5.41, 5.74) is -0.0857. The monoisotopic (exact) mass is 210 g/mol. The fraction of sp³-hybridized carbons (Fsp3) is 0.818. The highest BCUT2D eigenvalue weighted by molar-refractivity contribution is 5.85. The van der Waals surface area contributed by atoms with E-state index in [0.717, 1.165) is 19.3 Å². The molecule has 1 saturated heterocycles. The highest BCUT2D eigenvalue weighted by Gasteiger charge is 2.48. The van der Waals surface area contributed by atoms with Crippen molar-refractivity contribution in [1.82, 2.24) is 9.80 Å². The zero-order chi connectivity index (χ0) is 11.1. The molecule has 4 nitrogen and oxygen atoms in total. The van der Waals surface area contributed by atoms with Gasteiger partial charge in [0.2, 0.25) is 12.3 Å². The van der Waals surface area contributed by atoms with Crippen LogP contribution in [0.2, 0.25) is 0 Å². The van der Waals surface area contributed by atoms with Crippen molar-refractivity contribution in [1.29, 1.82) is 0 Å². The van der Waals surface area contributed by atoms with Gasteiger partial charge in [0.15, 0.2) is 0 Å². The molecule has 0 aromatic heterocycles. The van der Waals surface area contributed by atoms with Crippen LogP contribution in [-0.2, 0) is 9.59 Å². The molecular weight excluding hydrogens is 192 g/mol. The first-order valence-corrected chi connectivity index (χ1v) is 5.57. The fourth-order valence-corrected chi connectivity index (χ4v) is 2.13. The van der Waals surface area contributed by atoms with Gasteiger partial charge in [0.25, 0.3) is 0 Å². The second kappa shape index (κ2) is 3.51. The number of piperazine rings is 1. The first-order valence-electron chi connectivity index (χ1n) is 5.57. The van der Waals surface area contributed by atoms with E-state index in [1.807, 2.05) is 18.7 Å². The van der Waals surface area contributed by atoms with Crippen LogP contribution in [-0.4, -0.2) is 47.8 Å². The summed E-state index contributed by atoms with van der Waals surface area (Å²) in [5.74, 6) is 0.278. The molecule has 2 fully saturated rings. The maximum atomic E-state index is 12.1. The number of amides is 2. The average molecular weight is 210 g/mol. The molecule has 1 saturated carbocycles. The number of rotatable bonds is 2. The molecule has 0 N–H and O–H groups in total. The third-order valence-corrected chi connectivity index (χ3v) is 3.59. The second-order valence-corrected chi connectivity index (χ2v) is 5.01. The predicted molar refractivity (Wildman–Crippen MR) is 56.2 cm³/mol. The number of carbonyl (C=O) groups excluding carboxylic acids is 2. The van der Waals surface area contributed by atoms with Crippen molar-refractivity contribution in [3.63, 3.8) is 0 Å². The van der Waals surface area contributed by atoms with Crippen molar-refractivity contribution in [2.24, 2.45) is 5.41 Å². The van der Waals surface area contributed by atoms with E-state index >= 15 is 0 Å². The zero-order valence-electron chi connectivity index (χ0n) is 9.40. The third-order valence-electron chi connectivity index (χ3n) is 3.59. The van der Waals surface area contributed by atoms with Crippen molar-refractivity contribution < 1.29 is 9.59 Å². The minimum absolute atomic E-state index is 0.0857. The Bertz CT molecular complexity index is 286. The summed E-state index contributed by atoms with van der Waals surface area (Å²) >= 11 is 0. The van der Waals surface area contributed by atoms with Gasteiger partial charge in [-0.25, -0.2) is 0 Å². The van der Waals surface area contributed by atoms with E-state index in [0.29, 0.717) is 19.6 Å². The third kappa shape index (κ3) is 1.85. The summed E-state index contributed by atoms with van der Waals surface area (Å²) < 4.78 is 0. The van der Waals surface area contributed by atoms with E-state index in [9.17, 15) is 9.59 Å². The van der Waals surface area contributed by atoms with Crippen molar-refractivity contribution in [3.05, 3.63) is 0 Å². The van der Waals surface area contributed by atoms with E-state index in [4.69, 9.17) is 0 Å². The Hall–Kier alpha value is -1.06. The van der Waals surface area contributed by atoms with E-state index in [-0.39, 0.29) is 17.4 Å². The number of carbonyl (C=O) groups is 2. The lowest BCUT2D eigenvalue weighted by Crippen LogP contribution is -2.55. The SMILES string of the molecule is CC1CN(C=O)CCN1C(=O)C1(C)CC1. The molecule has 2 amide bonds. The summed E-state index contributed by atoms with van der Waals surface area (Å²) in [7, 11) is 0. The lowest BCUT2D eigenvalue weighted by molar-refractivity contribution is -0.142. The van der Waals surface area contributed by atoms with Crippen molar-refractivity contribution >= 4 is 12.3 Å². The Kier molecular flexibility index (Phi) is 2.44. The van der Waals surface area contributed by atoms with Crippen LogP contribution in [0.1, 0.15) is 26.7 Å². The highest BCUT2D eigenvalue weighted by Crippen LogP contribution is 2.46. The molecule has 1 atom stereocenters. The van der Waals surface area contributed by atoms with Gasteiger partial charge >= 0.3 is 0 Å². The standard InChI is InChI=1S/C11H18N2O2/c1-9-7-12(8-14)5-6-13(9)10(15)11(2)3-4-11/h8-9H,3-7H2,1-2H3. The van der Waals surface area contributed by atoms with Crippen LogP contribution < -0.4 is 0 Å². The number of hydrogen-bond acceptors (Lipinski definition) is 2. The van der Waals surface area contributed by atoms with Gasteiger partial charge in [-0.1, -0.05) is 6.92 Å². The Morgan fingerprint density at radius 3 is 2.53 bits per heavy atom. The van der Waals surface area contributed by atoms with Crippen LogP contribution in [0.4, 0.5) is 0 Å². The van der Waals surface area contributed by atoms with E-state index in [1.54, 1.807) is 4.90 Å². The van der Waals surface area contributed by atoms with Crippen LogP contribution in [0.5, 0.6) is 0 Å². The van der Waals surface area contributed by atoms with Crippen molar-refractivity contribution in [3.8, 4) is 0 Å². The molecule has 1 aliphatic heterocycles. The maximum absolute atomic E-state index is 12.1. The lowest BCUT2D eigenvalue weighted by atomic mass is 10.1. The summed E-state index contributed by atoms with van der Waals surface area (Å²) in [6, 6.07) is 0.161. The van der Waals surface area contributed by atoms with Gasteiger partial charge in [-0.05, 0) is 19.8 Å². The first kappa shape index (κ1) is 10.5. The Balaban J connectivity index is 1.99. The van der Waals surface area contributed by atoms with Gasteiger partial charge in [0, 0.05) is 31.1 Å². The lowest BCUT2D eigenvalue weighted by Gasteiger charge is -2.39. The minimum atomic E-state index is -0.0857. The first-order chi connectivity index (χ1) is 7.07. The molecule has 0 radical (unpaired) electrons. The molecule has 0 spiro atoms. The van der Waals surface area contributed by atoms with Crippen LogP contribution >= 0.6 is 0 Å². The molecular formula is C11H18N2O2. The minimum Gasteiger partial charge on any atom is -0.341 e. The Morgan fingerprint density at radius 2 is 2.07 bits per heavy atom. The van der Waals surface area contributed by atoms with Crippen LogP contribution in [0.25, 0.3) is 0 Å². The van der Waals surface area contributed by atoms with E-state index in [2.05, 4.69) is 0 Å². The summed E-state index contributed by atoms with van der Waals surface area (Å²) in [6.45, 7) is 6.09. The molecule has 0 bridgehead atoms.